The molecule has 1 aliphatic carbocycles. The number of hydrogen-bond donors (Lipinski definition) is 5. The van der Waals surface area contributed by atoms with Crippen molar-refractivity contribution < 1.29 is 44.0 Å². The minimum Gasteiger partial charge on any atom is -0.481 e. The maximum atomic E-state index is 13.7. The number of aliphatic carboxylic acids is 1. The highest BCUT2D eigenvalue weighted by molar-refractivity contribution is 5.77. The van der Waals surface area contributed by atoms with Crippen LogP contribution in [0.15, 0.2) is 36.4 Å². The predicted octanol–water partition coefficient (Wildman–Crippen LogP) is 6.07. The third-order valence-electron chi connectivity index (χ3n) is 17.2. The molecule has 0 bridgehead atoms. The Balaban J connectivity index is 0.703. The van der Waals surface area contributed by atoms with Crippen molar-refractivity contribution in [1.29, 1.82) is 0 Å². The maximum absolute atomic E-state index is 13.7. The van der Waals surface area contributed by atoms with E-state index in [1.807, 2.05) is 34.2 Å². The van der Waals surface area contributed by atoms with E-state index in [9.17, 15) is 34.5 Å². The first-order valence-electron chi connectivity index (χ1n) is 30.2. The Bertz CT molecular complexity index is 2740. The van der Waals surface area contributed by atoms with Crippen LogP contribution in [0, 0.1) is 31.6 Å². The Morgan fingerprint density at radius 2 is 1.70 bits per heavy atom. The molecule has 3 amide bonds. The van der Waals surface area contributed by atoms with Crippen molar-refractivity contribution in [2.24, 2.45) is 17.8 Å². The number of carbonyl (C=O) groups is 4. The van der Waals surface area contributed by atoms with Crippen molar-refractivity contribution in [2.75, 3.05) is 95.5 Å². The van der Waals surface area contributed by atoms with Gasteiger partial charge in [0, 0.05) is 108 Å². The number of anilines is 2. The SMILES string of the molecule is CCCc1nnn(CCCCC(=O)N2CCN(c3cc([C@H](CC(=O)O)CN4CC[C@@H](COc5ccc6c(n5)NCCC6)C4)cc(-n4nc(C)cc4C)c3)CC2)c1CC[C@@H]1C[C@@H]1COC(=O)NCCCCCC(=O)N1C[C@H](O)C[C@H]1CO. The van der Waals surface area contributed by atoms with Gasteiger partial charge in [-0.05, 0) is 151 Å². The van der Waals surface area contributed by atoms with E-state index in [-0.39, 0.29) is 43.3 Å². The summed E-state index contributed by atoms with van der Waals surface area (Å²) in [4.78, 5) is 64.2. The van der Waals surface area contributed by atoms with E-state index in [2.05, 4.69) is 68.0 Å². The summed E-state index contributed by atoms with van der Waals surface area (Å²) >= 11 is 0. The van der Waals surface area contributed by atoms with Crippen LogP contribution in [0.3, 0.4) is 0 Å². The number of piperazine rings is 1. The zero-order chi connectivity index (χ0) is 56.8. The number of aryl methyl sites for hydroxylation is 5. The Hall–Kier alpha value is -6.32. The summed E-state index contributed by atoms with van der Waals surface area (Å²) in [6.07, 6.45) is 11.8. The molecule has 442 valence electrons. The fourth-order valence-corrected chi connectivity index (χ4v) is 12.5. The zero-order valence-electron chi connectivity index (χ0n) is 48.1. The molecule has 7 heterocycles. The van der Waals surface area contributed by atoms with Gasteiger partial charge >= 0.3 is 12.1 Å². The number of fused-ring (bicyclic) bond motifs is 1. The Morgan fingerprint density at radius 3 is 2.49 bits per heavy atom. The molecule has 4 fully saturated rings. The lowest BCUT2D eigenvalue weighted by Crippen LogP contribution is -2.48. The standard InChI is InChI=1S/C60H88N12O9/c1-4-11-53-54(17-15-45-29-48(45)40-81-60(79)62-20-8-5-6-14-57(76)70-37-52(74)34-51(70)38-73)71(66-64-53)22-9-7-13-56(75)69-26-24-68(25-27-69)49-30-46(31-50(33-49)72-42(3)28-41(2)65-72)47(32-58(77)78)36-67-23-19-43(35-67)39-80-55-18-16-44-12-10-21-61-59(44)63-55/h16,18,28,30-31,33,43,45,47-48,51-52,73-74H,4-15,17,19-27,29,32,34-40H2,1-3H3,(H,61,63)(H,62,79)(H,77,78)/t43-,45-,47-,48-,51+,52-/m1/s1. The molecule has 0 radical (unpaired) electrons. The number of alkyl carbamates (subject to hydrolysis) is 1. The third kappa shape index (κ3) is 16.5. The zero-order valence-corrected chi connectivity index (χ0v) is 48.1. The molecule has 0 spiro atoms. The first-order valence-corrected chi connectivity index (χ1v) is 30.2. The first-order chi connectivity index (χ1) is 39.3. The van der Waals surface area contributed by atoms with Gasteiger partial charge in [0.05, 0.1) is 61.2 Å². The Morgan fingerprint density at radius 1 is 0.889 bits per heavy atom. The van der Waals surface area contributed by atoms with E-state index < -0.39 is 18.2 Å². The molecule has 0 unspecified atom stereocenters. The van der Waals surface area contributed by atoms with E-state index in [1.54, 1.807) is 4.90 Å². The smallest absolute Gasteiger partial charge is 0.407 e. The minimum atomic E-state index is -0.831. The quantitative estimate of drug-likeness (QED) is 0.0387. The second-order valence-electron chi connectivity index (χ2n) is 23.5. The number of likely N-dealkylation sites (tertiary alicyclic amines) is 2. The van der Waals surface area contributed by atoms with Gasteiger partial charge in [-0.2, -0.15) is 10.1 Å². The molecule has 1 aromatic carbocycles. The topological polar surface area (TPSA) is 246 Å². The first kappa shape index (κ1) is 59.3. The molecule has 5 N–H and O–H groups in total. The van der Waals surface area contributed by atoms with Crippen LogP contribution in [-0.4, -0.2) is 181 Å². The van der Waals surface area contributed by atoms with Gasteiger partial charge in [-0.1, -0.05) is 25.0 Å². The van der Waals surface area contributed by atoms with Crippen molar-refractivity contribution in [1.82, 2.24) is 49.8 Å². The average Bonchev–Trinajstić information content (AvgIpc) is 3.80. The summed E-state index contributed by atoms with van der Waals surface area (Å²) in [5, 5.41) is 49.8. The molecule has 5 aliphatic rings. The van der Waals surface area contributed by atoms with Crippen molar-refractivity contribution in [2.45, 2.75) is 155 Å². The van der Waals surface area contributed by atoms with Crippen LogP contribution in [0.4, 0.5) is 16.3 Å². The number of amides is 3. The summed E-state index contributed by atoms with van der Waals surface area (Å²) in [6, 6.07) is 12.2. The lowest BCUT2D eigenvalue weighted by molar-refractivity contribution is -0.137. The number of aliphatic hydroxyl groups excluding tert-OH is 2. The van der Waals surface area contributed by atoms with Gasteiger partial charge in [0.2, 0.25) is 17.7 Å². The number of rotatable bonds is 29. The second kappa shape index (κ2) is 28.6. The summed E-state index contributed by atoms with van der Waals surface area (Å²) in [5.41, 5.74) is 8.21. The number of aromatic nitrogens is 6. The second-order valence-corrected chi connectivity index (χ2v) is 23.5. The molecule has 21 nitrogen and oxygen atoms in total. The monoisotopic (exact) mass is 1120 g/mol. The van der Waals surface area contributed by atoms with Crippen molar-refractivity contribution in [3.63, 3.8) is 0 Å². The lowest BCUT2D eigenvalue weighted by Gasteiger charge is -2.37. The molecule has 81 heavy (non-hydrogen) atoms. The number of nitrogens with one attached hydrogen (secondary N) is 2. The van der Waals surface area contributed by atoms with Crippen LogP contribution in [0.1, 0.15) is 137 Å². The number of β-amino-alcohol motifs (C(OH)–C–C–N with tert-alkyl or cyclic N) is 1. The van der Waals surface area contributed by atoms with E-state index in [1.165, 1.54) is 11.3 Å². The fourth-order valence-electron chi connectivity index (χ4n) is 12.5. The summed E-state index contributed by atoms with van der Waals surface area (Å²) in [6.45, 7) is 14.2. The van der Waals surface area contributed by atoms with Crippen molar-refractivity contribution >= 4 is 35.4 Å². The number of unbranched alkanes of at least 4 members (excludes halogenated alkanes) is 3. The molecular formula is C60H88N12O9. The largest absolute Gasteiger partial charge is 0.481 e. The number of carboxylic acid groups (broad SMARTS) is 1. The molecule has 1 saturated carbocycles. The predicted molar refractivity (Wildman–Crippen MR) is 307 cm³/mol. The van der Waals surface area contributed by atoms with Crippen LogP contribution >= 0.6 is 0 Å². The minimum absolute atomic E-state index is 0.00312. The van der Waals surface area contributed by atoms with Crippen molar-refractivity contribution in [3.8, 4) is 11.6 Å². The molecule has 3 aromatic heterocycles. The molecule has 3 saturated heterocycles. The highest BCUT2D eigenvalue weighted by Gasteiger charge is 2.38. The number of benzene rings is 1. The number of aliphatic hydroxyl groups is 2. The number of hydrogen-bond acceptors (Lipinski definition) is 15. The van der Waals surface area contributed by atoms with Gasteiger partial charge in [-0.3, -0.25) is 14.4 Å². The summed E-state index contributed by atoms with van der Waals surface area (Å²) in [5.74, 6) is 1.71. The number of carbonyl (C=O) groups excluding carboxylic acids is 3. The van der Waals surface area contributed by atoms with Gasteiger partial charge in [0.25, 0.3) is 0 Å². The lowest BCUT2D eigenvalue weighted by atomic mass is 9.93. The number of ether oxygens (including phenoxy) is 2. The highest BCUT2D eigenvalue weighted by atomic mass is 16.5. The number of pyridine rings is 1. The number of nitrogens with zero attached hydrogens (tertiary/aromatic N) is 10. The van der Waals surface area contributed by atoms with Crippen LogP contribution in [0.5, 0.6) is 5.88 Å². The molecule has 6 atom stereocenters. The molecular weight excluding hydrogens is 1030 g/mol. The van der Waals surface area contributed by atoms with Crippen LogP contribution < -0.4 is 20.3 Å². The van der Waals surface area contributed by atoms with Gasteiger partial charge in [0.1, 0.15) is 5.82 Å². The van der Waals surface area contributed by atoms with Gasteiger partial charge in [0.15, 0.2) is 0 Å². The maximum Gasteiger partial charge on any atom is 0.407 e. The molecule has 21 heteroatoms. The third-order valence-corrected chi connectivity index (χ3v) is 17.2. The van der Waals surface area contributed by atoms with Gasteiger partial charge in [-0.15, -0.1) is 5.10 Å². The molecule has 9 rings (SSSR count). The normalized spacial score (nSPS) is 21.2. The van der Waals surface area contributed by atoms with Crippen LogP contribution in [0.2, 0.25) is 0 Å². The van der Waals surface area contributed by atoms with E-state index in [0.717, 1.165) is 137 Å². The Kier molecular flexibility index (Phi) is 20.9. The number of carboxylic acids is 1. The van der Waals surface area contributed by atoms with Crippen LogP contribution in [-0.2, 0) is 44.9 Å². The van der Waals surface area contributed by atoms with E-state index in [0.29, 0.717) is 108 Å². The van der Waals surface area contributed by atoms with Crippen molar-refractivity contribution in [3.05, 3.63) is 70.3 Å². The van der Waals surface area contributed by atoms with Gasteiger partial charge in [-0.25, -0.2) is 14.2 Å². The Labute approximate surface area is 477 Å². The molecule has 4 aliphatic heterocycles. The summed E-state index contributed by atoms with van der Waals surface area (Å²) in [7, 11) is 0. The van der Waals surface area contributed by atoms with E-state index >= 15 is 0 Å². The average molecular weight is 1120 g/mol. The van der Waals surface area contributed by atoms with Crippen LogP contribution in [0.25, 0.3) is 5.69 Å². The fraction of sp³-hybridized carbons (Fsp3) is 0.667. The van der Waals surface area contributed by atoms with Gasteiger partial charge < -0.3 is 55.0 Å². The molecule has 4 aromatic rings. The summed E-state index contributed by atoms with van der Waals surface area (Å²) < 4.78 is 15.8. The van der Waals surface area contributed by atoms with E-state index in [4.69, 9.17) is 19.6 Å². The highest BCUT2D eigenvalue weighted by Crippen LogP contribution is 2.42.